The zero-order valence-corrected chi connectivity index (χ0v) is 14.5. The molecule has 0 saturated heterocycles. The number of hydrogen-bond acceptors (Lipinski definition) is 2. The number of allylic oxidation sites excluding steroid dienone is 1. The summed E-state index contributed by atoms with van der Waals surface area (Å²) >= 11 is 0. The maximum Gasteiger partial charge on any atom is 0.163 e. The van der Waals surface area contributed by atoms with Crippen LogP contribution in [-0.4, -0.2) is 19.4 Å². The monoisotopic (exact) mass is 319 g/mol. The molecule has 1 unspecified atom stereocenters. The highest BCUT2D eigenvalue weighted by Crippen LogP contribution is 2.28. The lowest BCUT2D eigenvalue weighted by Crippen LogP contribution is -2.33. The minimum absolute atomic E-state index is 0.0965. The maximum atomic E-state index is 12.9. The van der Waals surface area contributed by atoms with Crippen molar-refractivity contribution < 1.29 is 4.79 Å². The molecule has 3 rings (SSSR count). The highest BCUT2D eigenvalue weighted by atomic mass is 16.1. The van der Waals surface area contributed by atoms with E-state index < -0.39 is 0 Å². The van der Waals surface area contributed by atoms with Gasteiger partial charge in [-0.05, 0) is 61.1 Å². The Kier molecular flexibility index (Phi) is 5.14. The third-order valence-corrected chi connectivity index (χ3v) is 4.76. The Morgan fingerprint density at radius 2 is 1.92 bits per heavy atom. The maximum absolute atomic E-state index is 12.9. The van der Waals surface area contributed by atoms with Gasteiger partial charge in [0.1, 0.15) is 0 Å². The number of Topliss-reactive ketones (excluding diaryl/α,β-unsaturated/α-hetero) is 1. The predicted molar refractivity (Wildman–Crippen MR) is 101 cm³/mol. The molecule has 1 saturated carbocycles. The van der Waals surface area contributed by atoms with E-state index in [4.69, 9.17) is 0 Å². The van der Waals surface area contributed by atoms with Crippen LogP contribution in [0.15, 0.2) is 60.2 Å². The van der Waals surface area contributed by atoms with Crippen molar-refractivity contribution in [3.8, 4) is 0 Å². The standard InChI is InChI=1S/C22H25NO/c1-17-8-6-13-21(14-17)23(2)16-20-12-7-11-19(22(20)24)15-18-9-4-3-5-10-18/h3-6,8-10,13-15,20H,7,11-12,16H2,1-2H3/b19-15+. The zero-order valence-electron chi connectivity index (χ0n) is 14.5. The second-order valence-electron chi connectivity index (χ2n) is 6.75. The Morgan fingerprint density at radius 3 is 2.67 bits per heavy atom. The van der Waals surface area contributed by atoms with Crippen LogP contribution in [0.4, 0.5) is 5.69 Å². The topological polar surface area (TPSA) is 20.3 Å². The van der Waals surface area contributed by atoms with Gasteiger partial charge in [-0.2, -0.15) is 0 Å². The summed E-state index contributed by atoms with van der Waals surface area (Å²) in [5, 5.41) is 0. The molecule has 1 fully saturated rings. The molecule has 0 aliphatic heterocycles. The first kappa shape index (κ1) is 16.5. The van der Waals surface area contributed by atoms with Crippen molar-refractivity contribution in [1.29, 1.82) is 0 Å². The van der Waals surface area contributed by atoms with E-state index in [0.29, 0.717) is 5.78 Å². The number of ketones is 1. The Hall–Kier alpha value is -2.35. The fourth-order valence-electron chi connectivity index (χ4n) is 3.42. The lowest BCUT2D eigenvalue weighted by molar-refractivity contribution is -0.120. The molecule has 1 aliphatic carbocycles. The van der Waals surface area contributed by atoms with Crippen molar-refractivity contribution in [2.24, 2.45) is 5.92 Å². The minimum Gasteiger partial charge on any atom is -0.374 e. The molecule has 124 valence electrons. The number of carbonyl (C=O) groups excluding carboxylic acids is 1. The van der Waals surface area contributed by atoms with E-state index in [1.54, 1.807) is 0 Å². The largest absolute Gasteiger partial charge is 0.374 e. The van der Waals surface area contributed by atoms with Gasteiger partial charge in [0.15, 0.2) is 5.78 Å². The summed E-state index contributed by atoms with van der Waals surface area (Å²) in [6.07, 6.45) is 5.05. The third kappa shape index (κ3) is 3.94. The van der Waals surface area contributed by atoms with Crippen LogP contribution in [0.3, 0.4) is 0 Å². The average molecular weight is 319 g/mol. The van der Waals surface area contributed by atoms with Gasteiger partial charge >= 0.3 is 0 Å². The van der Waals surface area contributed by atoms with Crippen LogP contribution in [0.2, 0.25) is 0 Å². The molecule has 0 bridgehead atoms. The van der Waals surface area contributed by atoms with Gasteiger partial charge in [-0.25, -0.2) is 0 Å². The first-order valence-electron chi connectivity index (χ1n) is 8.71. The molecule has 2 heteroatoms. The molecule has 0 aromatic heterocycles. The highest BCUT2D eigenvalue weighted by Gasteiger charge is 2.27. The number of benzene rings is 2. The quantitative estimate of drug-likeness (QED) is 0.748. The van der Waals surface area contributed by atoms with E-state index in [1.165, 1.54) is 11.3 Å². The van der Waals surface area contributed by atoms with E-state index >= 15 is 0 Å². The van der Waals surface area contributed by atoms with Crippen molar-refractivity contribution in [3.63, 3.8) is 0 Å². The number of nitrogens with zero attached hydrogens (tertiary/aromatic N) is 1. The van der Waals surface area contributed by atoms with E-state index in [0.717, 1.165) is 36.9 Å². The van der Waals surface area contributed by atoms with E-state index in [2.05, 4.69) is 61.3 Å². The molecule has 0 heterocycles. The molecule has 0 spiro atoms. The summed E-state index contributed by atoms with van der Waals surface area (Å²) < 4.78 is 0. The summed E-state index contributed by atoms with van der Waals surface area (Å²) in [5.74, 6) is 0.420. The summed E-state index contributed by atoms with van der Waals surface area (Å²) in [6, 6.07) is 18.6. The smallest absolute Gasteiger partial charge is 0.163 e. The Bertz CT molecular complexity index is 733. The molecule has 0 N–H and O–H groups in total. The molecule has 2 aromatic rings. The zero-order chi connectivity index (χ0) is 16.9. The minimum atomic E-state index is 0.0965. The molecule has 2 aromatic carbocycles. The highest BCUT2D eigenvalue weighted by molar-refractivity contribution is 6.02. The van der Waals surface area contributed by atoms with Crippen molar-refractivity contribution in [2.75, 3.05) is 18.5 Å². The molecule has 1 atom stereocenters. The van der Waals surface area contributed by atoms with Crippen molar-refractivity contribution >= 4 is 17.5 Å². The van der Waals surface area contributed by atoms with Gasteiger partial charge < -0.3 is 4.90 Å². The summed E-state index contributed by atoms with van der Waals surface area (Å²) in [7, 11) is 2.08. The molecular formula is C22H25NO. The number of carbonyl (C=O) groups is 1. The van der Waals surface area contributed by atoms with E-state index in [1.807, 2.05) is 18.2 Å². The van der Waals surface area contributed by atoms with Gasteiger partial charge in [-0.3, -0.25) is 4.79 Å². The van der Waals surface area contributed by atoms with Crippen LogP contribution in [0.1, 0.15) is 30.4 Å². The second-order valence-corrected chi connectivity index (χ2v) is 6.75. The van der Waals surface area contributed by atoms with Gasteiger partial charge in [0.25, 0.3) is 0 Å². The predicted octanol–water partition coefficient (Wildman–Crippen LogP) is 4.88. The lowest BCUT2D eigenvalue weighted by atomic mass is 9.83. The van der Waals surface area contributed by atoms with Gasteiger partial charge in [-0.15, -0.1) is 0 Å². The fourth-order valence-corrected chi connectivity index (χ4v) is 3.42. The van der Waals surface area contributed by atoms with Gasteiger partial charge in [0.2, 0.25) is 0 Å². The number of anilines is 1. The molecule has 1 aliphatic rings. The SMILES string of the molecule is Cc1cccc(N(C)CC2CCC/C(=C\c3ccccc3)C2=O)c1. The second kappa shape index (κ2) is 7.48. The van der Waals surface area contributed by atoms with Crippen molar-refractivity contribution in [2.45, 2.75) is 26.2 Å². The molecule has 0 radical (unpaired) electrons. The summed E-state index contributed by atoms with van der Waals surface area (Å²) in [5.41, 5.74) is 4.53. The fraction of sp³-hybridized carbons (Fsp3) is 0.318. The van der Waals surface area contributed by atoms with Crippen LogP contribution in [0, 0.1) is 12.8 Å². The lowest BCUT2D eigenvalue weighted by Gasteiger charge is -2.29. The summed E-state index contributed by atoms with van der Waals surface area (Å²) in [4.78, 5) is 15.1. The first-order valence-corrected chi connectivity index (χ1v) is 8.71. The molecule has 24 heavy (non-hydrogen) atoms. The van der Waals surface area contributed by atoms with Crippen LogP contribution in [-0.2, 0) is 4.79 Å². The Balaban J connectivity index is 1.72. The Morgan fingerprint density at radius 1 is 1.12 bits per heavy atom. The molecule has 2 nitrogen and oxygen atoms in total. The molecular weight excluding hydrogens is 294 g/mol. The summed E-state index contributed by atoms with van der Waals surface area (Å²) in [6.45, 7) is 2.89. The van der Waals surface area contributed by atoms with Crippen molar-refractivity contribution in [1.82, 2.24) is 0 Å². The van der Waals surface area contributed by atoms with E-state index in [9.17, 15) is 4.79 Å². The normalized spacial score (nSPS) is 19.5. The Labute approximate surface area is 144 Å². The number of rotatable bonds is 4. The van der Waals surface area contributed by atoms with Crippen molar-refractivity contribution in [3.05, 3.63) is 71.3 Å². The van der Waals surface area contributed by atoms with Crippen LogP contribution >= 0.6 is 0 Å². The van der Waals surface area contributed by atoms with Gasteiger partial charge in [0.05, 0.1) is 0 Å². The first-order chi connectivity index (χ1) is 11.6. The van der Waals surface area contributed by atoms with Crippen LogP contribution in [0.25, 0.3) is 6.08 Å². The molecule has 0 amide bonds. The number of aryl methyl sites for hydroxylation is 1. The van der Waals surface area contributed by atoms with Crippen LogP contribution < -0.4 is 4.90 Å². The third-order valence-electron chi connectivity index (χ3n) is 4.76. The van der Waals surface area contributed by atoms with Gasteiger partial charge in [0, 0.05) is 25.2 Å². The van der Waals surface area contributed by atoms with Gasteiger partial charge in [-0.1, -0.05) is 42.5 Å². The van der Waals surface area contributed by atoms with Crippen LogP contribution in [0.5, 0.6) is 0 Å². The average Bonchev–Trinajstić information content (AvgIpc) is 2.59. The van der Waals surface area contributed by atoms with E-state index in [-0.39, 0.29) is 5.92 Å². The number of hydrogen-bond donors (Lipinski definition) is 0.